The predicted molar refractivity (Wildman–Crippen MR) is 83.3 cm³/mol. The molecule has 1 rings (SSSR count). The van der Waals surface area contributed by atoms with Gasteiger partial charge in [0.2, 0.25) is 0 Å². The molecule has 0 aliphatic carbocycles. The van der Waals surface area contributed by atoms with Gasteiger partial charge in [0.05, 0.1) is 0 Å². The van der Waals surface area contributed by atoms with E-state index < -0.39 is 0 Å². The number of benzene rings is 1. The van der Waals surface area contributed by atoms with Crippen LogP contribution < -0.4 is 0 Å². The van der Waals surface area contributed by atoms with Gasteiger partial charge in [-0.25, -0.2) is 0 Å². The van der Waals surface area contributed by atoms with Crippen LogP contribution in [0.5, 0.6) is 0 Å². The molecule has 0 saturated heterocycles. The lowest BCUT2D eigenvalue weighted by atomic mass is 10.00. The van der Waals surface area contributed by atoms with E-state index in [0.717, 1.165) is 23.7 Å². The van der Waals surface area contributed by atoms with Gasteiger partial charge in [-0.2, -0.15) is 37.0 Å². The SMILES string of the molecule is CC(CS)(CS)CSCCc1ccccc1. The topological polar surface area (TPSA) is 0 Å². The van der Waals surface area contributed by atoms with Crippen LogP contribution in [-0.4, -0.2) is 23.0 Å². The van der Waals surface area contributed by atoms with E-state index in [0.29, 0.717) is 0 Å². The number of hydrogen-bond donors (Lipinski definition) is 2. The molecule has 0 radical (unpaired) electrons. The Hall–Kier alpha value is 0.270. The van der Waals surface area contributed by atoms with Crippen LogP contribution in [0.15, 0.2) is 30.3 Å². The fraction of sp³-hybridized carbons (Fsp3) is 0.538. The van der Waals surface area contributed by atoms with Gasteiger partial charge < -0.3 is 0 Å². The van der Waals surface area contributed by atoms with Crippen LogP contribution in [0.2, 0.25) is 0 Å². The summed E-state index contributed by atoms with van der Waals surface area (Å²) in [4.78, 5) is 0. The van der Waals surface area contributed by atoms with Gasteiger partial charge in [-0.3, -0.25) is 0 Å². The average molecular weight is 273 g/mol. The molecule has 0 aliphatic heterocycles. The van der Waals surface area contributed by atoms with Crippen molar-refractivity contribution in [2.75, 3.05) is 23.0 Å². The second kappa shape index (κ2) is 7.57. The Bertz CT molecular complexity index is 280. The van der Waals surface area contributed by atoms with Crippen molar-refractivity contribution in [1.82, 2.24) is 0 Å². The quantitative estimate of drug-likeness (QED) is 0.562. The van der Waals surface area contributed by atoms with Crippen molar-refractivity contribution < 1.29 is 0 Å². The first-order chi connectivity index (χ1) is 7.70. The highest BCUT2D eigenvalue weighted by Crippen LogP contribution is 2.25. The Morgan fingerprint density at radius 3 is 2.31 bits per heavy atom. The van der Waals surface area contributed by atoms with E-state index in [9.17, 15) is 0 Å². The number of aryl methyl sites for hydroxylation is 1. The zero-order chi connectivity index (χ0) is 11.9. The summed E-state index contributed by atoms with van der Waals surface area (Å²) in [5.74, 6) is 4.15. The van der Waals surface area contributed by atoms with Crippen LogP contribution in [0, 0.1) is 5.41 Å². The van der Waals surface area contributed by atoms with E-state index in [4.69, 9.17) is 0 Å². The van der Waals surface area contributed by atoms with Crippen molar-refractivity contribution >= 4 is 37.0 Å². The van der Waals surface area contributed by atoms with Crippen LogP contribution >= 0.6 is 37.0 Å². The van der Waals surface area contributed by atoms with Crippen LogP contribution in [-0.2, 0) is 6.42 Å². The van der Waals surface area contributed by atoms with E-state index in [-0.39, 0.29) is 5.41 Å². The van der Waals surface area contributed by atoms with Crippen LogP contribution in [0.25, 0.3) is 0 Å². The van der Waals surface area contributed by atoms with E-state index >= 15 is 0 Å². The fourth-order valence-corrected chi connectivity index (χ4v) is 3.44. The molecule has 0 aromatic heterocycles. The van der Waals surface area contributed by atoms with Crippen molar-refractivity contribution in [3.8, 4) is 0 Å². The van der Waals surface area contributed by atoms with Gasteiger partial charge in [0.25, 0.3) is 0 Å². The summed E-state index contributed by atoms with van der Waals surface area (Å²) < 4.78 is 0. The largest absolute Gasteiger partial charge is 0.179 e. The predicted octanol–water partition coefficient (Wildman–Crippen LogP) is 3.83. The van der Waals surface area contributed by atoms with Crippen LogP contribution in [0.4, 0.5) is 0 Å². The maximum atomic E-state index is 4.39. The summed E-state index contributed by atoms with van der Waals surface area (Å²) in [7, 11) is 0. The molecule has 0 amide bonds. The molecule has 0 N–H and O–H groups in total. The van der Waals surface area contributed by atoms with Gasteiger partial charge in [0.1, 0.15) is 0 Å². The van der Waals surface area contributed by atoms with Crippen molar-refractivity contribution in [3.05, 3.63) is 35.9 Å². The van der Waals surface area contributed by atoms with Gasteiger partial charge in [0, 0.05) is 5.75 Å². The minimum Gasteiger partial charge on any atom is -0.179 e. The van der Waals surface area contributed by atoms with Crippen molar-refractivity contribution in [2.45, 2.75) is 13.3 Å². The molecule has 1 aromatic carbocycles. The monoisotopic (exact) mass is 272 g/mol. The summed E-state index contributed by atoms with van der Waals surface area (Å²) in [5, 5.41) is 0. The molecule has 0 fully saturated rings. The minimum absolute atomic E-state index is 0.271. The molecule has 90 valence electrons. The van der Waals surface area contributed by atoms with Gasteiger partial charge in [0.15, 0.2) is 0 Å². The molecular formula is C13H20S3. The maximum absolute atomic E-state index is 4.39. The van der Waals surface area contributed by atoms with Gasteiger partial charge in [-0.1, -0.05) is 37.3 Å². The highest BCUT2D eigenvalue weighted by molar-refractivity contribution is 7.99. The molecule has 16 heavy (non-hydrogen) atoms. The molecule has 0 unspecified atom stereocenters. The smallest absolute Gasteiger partial charge is 0.000230 e. The third kappa shape index (κ3) is 5.07. The highest BCUT2D eigenvalue weighted by atomic mass is 32.2. The molecule has 0 bridgehead atoms. The standard InChI is InChI=1S/C13H20S3/c1-13(9-14,10-15)11-16-8-7-12-5-3-2-4-6-12/h2-6,14-15H,7-11H2,1H3. The first kappa shape index (κ1) is 14.3. The summed E-state index contributed by atoms with van der Waals surface area (Å²) in [6, 6.07) is 10.7. The Kier molecular flexibility index (Phi) is 6.78. The summed E-state index contributed by atoms with van der Waals surface area (Å²) >= 11 is 10.8. The molecule has 0 nitrogen and oxygen atoms in total. The maximum Gasteiger partial charge on any atom is 0.000230 e. The molecule has 0 spiro atoms. The third-order valence-corrected chi connectivity index (χ3v) is 5.51. The number of hydrogen-bond acceptors (Lipinski definition) is 3. The number of thiol groups is 2. The van der Waals surface area contributed by atoms with E-state index in [1.807, 2.05) is 11.8 Å². The summed E-state index contributed by atoms with van der Waals surface area (Å²) in [6.07, 6.45) is 1.15. The molecule has 0 atom stereocenters. The first-order valence-electron chi connectivity index (χ1n) is 5.53. The van der Waals surface area contributed by atoms with E-state index in [2.05, 4.69) is 62.5 Å². The van der Waals surface area contributed by atoms with Crippen molar-refractivity contribution in [2.24, 2.45) is 5.41 Å². The number of thioether (sulfide) groups is 1. The van der Waals surface area contributed by atoms with Crippen LogP contribution in [0.3, 0.4) is 0 Å². The summed E-state index contributed by atoms with van der Waals surface area (Å²) in [6.45, 7) is 2.25. The molecule has 3 heteroatoms. The van der Waals surface area contributed by atoms with E-state index in [1.165, 1.54) is 11.3 Å². The second-order valence-electron chi connectivity index (χ2n) is 4.42. The Labute approximate surface area is 114 Å². The zero-order valence-corrected chi connectivity index (χ0v) is 12.3. The fourth-order valence-electron chi connectivity index (χ4n) is 1.29. The third-order valence-electron chi connectivity index (χ3n) is 2.59. The zero-order valence-electron chi connectivity index (χ0n) is 9.72. The average Bonchev–Trinajstić information content (AvgIpc) is 2.36. The Balaban J connectivity index is 2.22. The van der Waals surface area contributed by atoms with Crippen molar-refractivity contribution in [3.63, 3.8) is 0 Å². The second-order valence-corrected chi connectivity index (χ2v) is 6.15. The highest BCUT2D eigenvalue weighted by Gasteiger charge is 2.20. The van der Waals surface area contributed by atoms with Gasteiger partial charge >= 0.3 is 0 Å². The van der Waals surface area contributed by atoms with E-state index in [1.54, 1.807) is 0 Å². The Morgan fingerprint density at radius 2 is 1.75 bits per heavy atom. The molecule has 0 heterocycles. The van der Waals surface area contributed by atoms with Gasteiger partial charge in [-0.05, 0) is 34.7 Å². The lowest BCUT2D eigenvalue weighted by molar-refractivity contribution is 0.507. The van der Waals surface area contributed by atoms with Crippen molar-refractivity contribution in [1.29, 1.82) is 0 Å². The molecule has 0 saturated carbocycles. The normalized spacial score (nSPS) is 11.7. The lowest BCUT2D eigenvalue weighted by Crippen LogP contribution is -2.24. The van der Waals surface area contributed by atoms with Gasteiger partial charge in [-0.15, -0.1) is 0 Å². The molecule has 0 aliphatic rings. The minimum atomic E-state index is 0.271. The molecule has 1 aromatic rings. The number of rotatable bonds is 7. The Morgan fingerprint density at radius 1 is 1.12 bits per heavy atom. The summed E-state index contributed by atoms with van der Waals surface area (Å²) in [5.41, 5.74) is 1.70. The van der Waals surface area contributed by atoms with Crippen LogP contribution in [0.1, 0.15) is 12.5 Å². The lowest BCUT2D eigenvalue weighted by Gasteiger charge is -2.24. The first-order valence-corrected chi connectivity index (χ1v) is 7.95. The molecular weight excluding hydrogens is 252 g/mol.